The molecule has 7 nitrogen and oxygen atoms in total. The van der Waals surface area contributed by atoms with Crippen molar-refractivity contribution >= 4 is 5.91 Å². The van der Waals surface area contributed by atoms with E-state index in [1.54, 1.807) is 26.2 Å². The quantitative estimate of drug-likeness (QED) is 0.544. The molecule has 1 aromatic carbocycles. The van der Waals surface area contributed by atoms with Gasteiger partial charge in [0.15, 0.2) is 5.89 Å². The van der Waals surface area contributed by atoms with Gasteiger partial charge in [0.05, 0.1) is 17.1 Å². The minimum absolute atomic E-state index is 0.251. The molecule has 3 heterocycles. The number of hydrogen-bond acceptors (Lipinski definition) is 6. The van der Waals surface area contributed by atoms with Gasteiger partial charge in [0, 0.05) is 37.0 Å². The molecule has 0 aliphatic heterocycles. The van der Waals surface area contributed by atoms with E-state index in [4.69, 9.17) is 4.42 Å². The Morgan fingerprint density at radius 1 is 1.00 bits per heavy atom. The molecule has 0 aliphatic rings. The predicted molar refractivity (Wildman–Crippen MR) is 113 cm³/mol. The zero-order valence-electron chi connectivity index (χ0n) is 17.0. The van der Waals surface area contributed by atoms with Crippen molar-refractivity contribution in [1.82, 2.24) is 25.3 Å². The number of hydrogen-bond donors (Lipinski definition) is 1. The highest BCUT2D eigenvalue weighted by Crippen LogP contribution is 2.28. The maximum Gasteiger partial charge on any atom is 0.289 e. The van der Waals surface area contributed by atoms with Crippen LogP contribution in [0.5, 0.6) is 0 Å². The van der Waals surface area contributed by atoms with E-state index in [0.29, 0.717) is 24.0 Å². The second kappa shape index (κ2) is 8.24. The molecule has 0 saturated heterocycles. The van der Waals surface area contributed by atoms with Gasteiger partial charge in [-0.3, -0.25) is 9.78 Å². The van der Waals surface area contributed by atoms with Crippen LogP contribution in [-0.4, -0.2) is 25.8 Å². The summed E-state index contributed by atoms with van der Waals surface area (Å²) in [7, 11) is 0. The molecular formula is C23H21N5O2. The van der Waals surface area contributed by atoms with Crippen LogP contribution in [-0.2, 0) is 6.54 Å². The summed E-state index contributed by atoms with van der Waals surface area (Å²) in [5.74, 6) is 1.14. The van der Waals surface area contributed by atoms with Crippen LogP contribution in [0.25, 0.3) is 22.5 Å². The fourth-order valence-electron chi connectivity index (χ4n) is 3.18. The molecule has 0 unspecified atom stereocenters. The largest absolute Gasteiger partial charge is 0.436 e. The topological polar surface area (TPSA) is 93.8 Å². The normalized spacial score (nSPS) is 10.8. The van der Waals surface area contributed by atoms with Crippen LogP contribution in [0.3, 0.4) is 0 Å². The molecule has 1 amide bonds. The molecule has 30 heavy (non-hydrogen) atoms. The Morgan fingerprint density at radius 3 is 2.47 bits per heavy atom. The summed E-state index contributed by atoms with van der Waals surface area (Å²) >= 11 is 0. The second-order valence-electron chi connectivity index (χ2n) is 6.92. The molecule has 4 rings (SSSR count). The first-order chi connectivity index (χ1) is 14.5. The molecule has 150 valence electrons. The first kappa shape index (κ1) is 19.4. The van der Waals surface area contributed by atoms with Crippen molar-refractivity contribution in [2.75, 3.05) is 0 Å². The number of nitrogens with one attached hydrogen (secondary N) is 1. The van der Waals surface area contributed by atoms with Gasteiger partial charge in [0.1, 0.15) is 5.82 Å². The van der Waals surface area contributed by atoms with Gasteiger partial charge in [-0.2, -0.15) is 0 Å². The zero-order valence-corrected chi connectivity index (χ0v) is 17.0. The number of carbonyl (C=O) groups excluding carboxylic acids is 1. The fourth-order valence-corrected chi connectivity index (χ4v) is 3.18. The zero-order chi connectivity index (χ0) is 21.1. The number of pyridine rings is 1. The molecule has 0 radical (unpaired) electrons. The summed E-state index contributed by atoms with van der Waals surface area (Å²) in [6.07, 6.45) is 3.55. The molecule has 0 saturated carbocycles. The van der Waals surface area contributed by atoms with Crippen molar-refractivity contribution in [3.63, 3.8) is 0 Å². The molecule has 0 aliphatic carbocycles. The van der Waals surface area contributed by atoms with Gasteiger partial charge in [-0.15, -0.1) is 0 Å². The maximum atomic E-state index is 12.3. The summed E-state index contributed by atoms with van der Waals surface area (Å²) in [6.45, 7) is 5.72. The van der Waals surface area contributed by atoms with Crippen molar-refractivity contribution in [3.8, 4) is 22.5 Å². The lowest BCUT2D eigenvalue weighted by Crippen LogP contribution is -2.23. The van der Waals surface area contributed by atoms with E-state index in [2.05, 4.69) is 25.3 Å². The molecule has 0 fully saturated rings. The van der Waals surface area contributed by atoms with Crippen LogP contribution < -0.4 is 5.32 Å². The standard InChI is InChI=1S/C23H21N5O2/c1-14-22(30-16(3)27-14)23(29)26-12-17-7-9-18(10-8-17)21-19(13-25-15(2)28-21)20-6-4-5-11-24-20/h4-11,13H,12H2,1-3H3,(H,26,29). The minimum atomic E-state index is -0.277. The number of oxazole rings is 1. The summed E-state index contributed by atoms with van der Waals surface area (Å²) in [6, 6.07) is 13.7. The number of amides is 1. The number of rotatable bonds is 5. The Bertz CT molecular complexity index is 1180. The van der Waals surface area contributed by atoms with Crippen LogP contribution in [0.2, 0.25) is 0 Å². The van der Waals surface area contributed by atoms with Gasteiger partial charge in [0.2, 0.25) is 5.76 Å². The average Bonchev–Trinajstić information content (AvgIpc) is 3.11. The van der Waals surface area contributed by atoms with Gasteiger partial charge in [0.25, 0.3) is 5.91 Å². The molecule has 4 aromatic rings. The number of aromatic nitrogens is 4. The van der Waals surface area contributed by atoms with Crippen LogP contribution in [0.4, 0.5) is 0 Å². The molecule has 0 bridgehead atoms. The van der Waals surface area contributed by atoms with E-state index in [-0.39, 0.29) is 11.7 Å². The summed E-state index contributed by atoms with van der Waals surface area (Å²) in [4.78, 5) is 29.8. The van der Waals surface area contributed by atoms with E-state index in [1.165, 1.54) is 0 Å². The first-order valence-electron chi connectivity index (χ1n) is 9.58. The fraction of sp³-hybridized carbons (Fsp3) is 0.174. The van der Waals surface area contributed by atoms with Crippen LogP contribution in [0.15, 0.2) is 59.3 Å². The Labute approximate surface area is 174 Å². The summed E-state index contributed by atoms with van der Waals surface area (Å²) < 4.78 is 5.36. The van der Waals surface area contributed by atoms with E-state index in [9.17, 15) is 4.79 Å². The van der Waals surface area contributed by atoms with Gasteiger partial charge < -0.3 is 9.73 Å². The highest BCUT2D eigenvalue weighted by Gasteiger charge is 2.16. The third-order valence-corrected chi connectivity index (χ3v) is 4.64. The minimum Gasteiger partial charge on any atom is -0.436 e. The maximum absolute atomic E-state index is 12.3. The second-order valence-corrected chi connectivity index (χ2v) is 6.92. The highest BCUT2D eigenvalue weighted by atomic mass is 16.4. The van der Waals surface area contributed by atoms with Crippen LogP contribution >= 0.6 is 0 Å². The van der Waals surface area contributed by atoms with Crippen molar-refractivity contribution in [2.24, 2.45) is 0 Å². The lowest BCUT2D eigenvalue weighted by Gasteiger charge is -2.10. The summed E-state index contributed by atoms with van der Waals surface area (Å²) in [5, 5.41) is 2.87. The van der Waals surface area contributed by atoms with E-state index in [1.807, 2.05) is 49.4 Å². The van der Waals surface area contributed by atoms with Crippen molar-refractivity contribution in [3.05, 3.63) is 83.6 Å². The average molecular weight is 399 g/mol. The lowest BCUT2D eigenvalue weighted by molar-refractivity contribution is 0.0921. The van der Waals surface area contributed by atoms with Gasteiger partial charge in [-0.25, -0.2) is 15.0 Å². The summed E-state index contributed by atoms with van der Waals surface area (Å²) in [5.41, 5.74) is 5.02. The van der Waals surface area contributed by atoms with E-state index < -0.39 is 0 Å². The monoisotopic (exact) mass is 399 g/mol. The smallest absolute Gasteiger partial charge is 0.289 e. The lowest BCUT2D eigenvalue weighted by atomic mass is 10.0. The Morgan fingerprint density at radius 2 is 1.80 bits per heavy atom. The van der Waals surface area contributed by atoms with Crippen molar-refractivity contribution in [1.29, 1.82) is 0 Å². The first-order valence-corrected chi connectivity index (χ1v) is 9.58. The Balaban J connectivity index is 1.54. The van der Waals surface area contributed by atoms with Crippen LogP contribution in [0.1, 0.15) is 33.5 Å². The van der Waals surface area contributed by atoms with Crippen LogP contribution in [0, 0.1) is 20.8 Å². The number of nitrogens with zero attached hydrogens (tertiary/aromatic N) is 4. The number of carbonyl (C=O) groups is 1. The van der Waals surface area contributed by atoms with Crippen molar-refractivity contribution < 1.29 is 9.21 Å². The number of benzene rings is 1. The van der Waals surface area contributed by atoms with E-state index in [0.717, 1.165) is 28.1 Å². The highest BCUT2D eigenvalue weighted by molar-refractivity contribution is 5.92. The SMILES string of the molecule is Cc1ncc(-c2ccccn2)c(-c2ccc(CNC(=O)c3oc(C)nc3C)cc2)n1. The molecule has 1 N–H and O–H groups in total. The number of aryl methyl sites for hydroxylation is 3. The van der Waals surface area contributed by atoms with Crippen molar-refractivity contribution in [2.45, 2.75) is 27.3 Å². The van der Waals surface area contributed by atoms with Gasteiger partial charge in [-0.05, 0) is 31.5 Å². The third kappa shape index (κ3) is 4.10. The van der Waals surface area contributed by atoms with Gasteiger partial charge in [-0.1, -0.05) is 30.3 Å². The molecule has 0 atom stereocenters. The molecule has 0 spiro atoms. The van der Waals surface area contributed by atoms with E-state index >= 15 is 0 Å². The Kier molecular flexibility index (Phi) is 5.34. The van der Waals surface area contributed by atoms with Gasteiger partial charge >= 0.3 is 0 Å². The predicted octanol–water partition coefficient (Wildman–Crippen LogP) is 4.05. The molecule has 3 aromatic heterocycles. The molecule has 7 heteroatoms. The Hall–Kier alpha value is -3.87. The third-order valence-electron chi connectivity index (χ3n) is 4.64. The molecular weight excluding hydrogens is 378 g/mol.